The molecule has 0 spiro atoms. The van der Waals surface area contributed by atoms with Crippen molar-refractivity contribution in [2.24, 2.45) is 0 Å². The Bertz CT molecular complexity index is 526. The van der Waals surface area contributed by atoms with Gasteiger partial charge < -0.3 is 5.32 Å². The van der Waals surface area contributed by atoms with Crippen LogP contribution in [0.4, 0.5) is 0 Å². The summed E-state index contributed by atoms with van der Waals surface area (Å²) in [7, 11) is 0. The Kier molecular flexibility index (Phi) is 3.94. The Labute approximate surface area is 110 Å². The fourth-order valence-corrected chi connectivity index (χ4v) is 1.61. The first-order valence-electron chi connectivity index (χ1n) is 5.53. The molecule has 1 amide bonds. The maximum atomic E-state index is 11.2. The van der Waals surface area contributed by atoms with Crippen molar-refractivity contribution in [1.29, 1.82) is 0 Å². The van der Waals surface area contributed by atoms with Gasteiger partial charge in [-0.3, -0.25) is 4.79 Å². The molecule has 0 radical (unpaired) electrons. The highest BCUT2D eigenvalue weighted by Gasteiger charge is 2.12. The number of carbonyl (C=O) groups excluding carboxylic acids is 1. The van der Waals surface area contributed by atoms with Crippen molar-refractivity contribution in [3.05, 3.63) is 42.2 Å². The number of para-hydroxylation sites is 1. The third-order valence-electron chi connectivity index (χ3n) is 2.47. The van der Waals surface area contributed by atoms with Crippen molar-refractivity contribution in [2.75, 3.05) is 5.88 Å². The zero-order chi connectivity index (χ0) is 13.0. The molecule has 18 heavy (non-hydrogen) atoms. The second-order valence-electron chi connectivity index (χ2n) is 3.85. The van der Waals surface area contributed by atoms with Crippen LogP contribution in [0.2, 0.25) is 0 Å². The lowest BCUT2D eigenvalue weighted by Crippen LogP contribution is -2.27. The number of nitrogens with zero attached hydrogens (tertiary/aromatic N) is 3. The Hall–Kier alpha value is -1.88. The second-order valence-corrected chi connectivity index (χ2v) is 4.11. The monoisotopic (exact) mass is 264 g/mol. The largest absolute Gasteiger partial charge is 0.347 e. The zero-order valence-electron chi connectivity index (χ0n) is 9.88. The molecule has 2 aromatic rings. The van der Waals surface area contributed by atoms with E-state index >= 15 is 0 Å². The Morgan fingerprint density at radius 3 is 2.83 bits per heavy atom. The van der Waals surface area contributed by atoms with E-state index in [2.05, 4.69) is 15.6 Å². The molecule has 2 rings (SSSR count). The van der Waals surface area contributed by atoms with Gasteiger partial charge in [-0.15, -0.1) is 16.7 Å². The minimum absolute atomic E-state index is 0.0584. The van der Waals surface area contributed by atoms with Gasteiger partial charge in [-0.25, -0.2) is 4.68 Å². The van der Waals surface area contributed by atoms with Crippen LogP contribution < -0.4 is 5.32 Å². The van der Waals surface area contributed by atoms with Crippen LogP contribution in [-0.4, -0.2) is 26.8 Å². The first kappa shape index (κ1) is 12.6. The number of hydrogen-bond donors (Lipinski definition) is 1. The van der Waals surface area contributed by atoms with E-state index in [1.807, 2.05) is 37.3 Å². The Balaban J connectivity index is 2.13. The van der Waals surface area contributed by atoms with Crippen molar-refractivity contribution in [2.45, 2.75) is 13.0 Å². The van der Waals surface area contributed by atoms with E-state index in [0.717, 1.165) is 5.69 Å². The highest BCUT2D eigenvalue weighted by atomic mass is 35.5. The maximum absolute atomic E-state index is 11.2. The molecule has 0 aliphatic carbocycles. The minimum Gasteiger partial charge on any atom is -0.347 e. The average Bonchev–Trinajstić information content (AvgIpc) is 2.89. The number of benzene rings is 1. The van der Waals surface area contributed by atoms with Gasteiger partial charge in [-0.1, -0.05) is 23.4 Å². The molecule has 0 aliphatic heterocycles. The van der Waals surface area contributed by atoms with Gasteiger partial charge in [-0.05, 0) is 19.1 Å². The van der Waals surface area contributed by atoms with Crippen molar-refractivity contribution < 1.29 is 4.79 Å². The lowest BCUT2D eigenvalue weighted by Gasteiger charge is -2.08. The van der Waals surface area contributed by atoms with Crippen LogP contribution in [0.15, 0.2) is 36.5 Å². The van der Waals surface area contributed by atoms with E-state index in [1.165, 1.54) is 0 Å². The molecule has 1 unspecified atom stereocenters. The van der Waals surface area contributed by atoms with E-state index in [0.29, 0.717) is 5.69 Å². The number of carbonyl (C=O) groups is 1. The molecular formula is C12H13ClN4O. The first-order chi connectivity index (χ1) is 8.70. The highest BCUT2D eigenvalue weighted by Crippen LogP contribution is 2.11. The summed E-state index contributed by atoms with van der Waals surface area (Å²) < 4.78 is 1.67. The van der Waals surface area contributed by atoms with Gasteiger partial charge in [0.15, 0.2) is 0 Å². The van der Waals surface area contributed by atoms with Crippen LogP contribution in [0, 0.1) is 0 Å². The number of halogens is 1. The number of amides is 1. The maximum Gasteiger partial charge on any atom is 0.235 e. The van der Waals surface area contributed by atoms with Gasteiger partial charge in [0, 0.05) is 0 Å². The van der Waals surface area contributed by atoms with E-state index in [4.69, 9.17) is 11.6 Å². The van der Waals surface area contributed by atoms with Crippen molar-refractivity contribution in [3.63, 3.8) is 0 Å². The van der Waals surface area contributed by atoms with Crippen LogP contribution in [0.5, 0.6) is 0 Å². The Morgan fingerprint density at radius 1 is 1.44 bits per heavy atom. The standard InChI is InChI=1S/C12H13ClN4O/c1-9(14-12(18)7-13)11-8-17(16-15-11)10-5-3-2-4-6-10/h2-6,8-9H,7H2,1H3,(H,14,18). The normalized spacial score (nSPS) is 12.1. The van der Waals surface area contributed by atoms with Gasteiger partial charge in [0.2, 0.25) is 5.91 Å². The van der Waals surface area contributed by atoms with Gasteiger partial charge in [0.1, 0.15) is 11.6 Å². The quantitative estimate of drug-likeness (QED) is 0.855. The van der Waals surface area contributed by atoms with E-state index in [-0.39, 0.29) is 17.8 Å². The molecular weight excluding hydrogens is 252 g/mol. The Morgan fingerprint density at radius 2 is 2.17 bits per heavy atom. The lowest BCUT2D eigenvalue weighted by molar-refractivity contribution is -0.119. The summed E-state index contributed by atoms with van der Waals surface area (Å²) in [6.45, 7) is 1.84. The van der Waals surface area contributed by atoms with Crippen LogP contribution in [0.25, 0.3) is 5.69 Å². The minimum atomic E-state index is -0.224. The average molecular weight is 265 g/mol. The van der Waals surface area contributed by atoms with Gasteiger partial charge in [-0.2, -0.15) is 0 Å². The predicted molar refractivity (Wildman–Crippen MR) is 68.6 cm³/mol. The number of hydrogen-bond acceptors (Lipinski definition) is 3. The van der Waals surface area contributed by atoms with Gasteiger partial charge >= 0.3 is 0 Å². The molecule has 1 atom stereocenters. The second kappa shape index (κ2) is 5.64. The summed E-state index contributed by atoms with van der Waals surface area (Å²) in [6, 6.07) is 9.44. The molecule has 94 valence electrons. The summed E-state index contributed by atoms with van der Waals surface area (Å²) in [6.07, 6.45) is 1.79. The fraction of sp³-hybridized carbons (Fsp3) is 0.250. The first-order valence-corrected chi connectivity index (χ1v) is 6.07. The zero-order valence-corrected chi connectivity index (χ0v) is 10.6. The molecule has 1 aromatic carbocycles. The third-order valence-corrected chi connectivity index (χ3v) is 2.72. The predicted octanol–water partition coefficient (Wildman–Crippen LogP) is 1.68. The van der Waals surface area contributed by atoms with Gasteiger partial charge in [0.05, 0.1) is 17.9 Å². The van der Waals surface area contributed by atoms with E-state index in [9.17, 15) is 4.79 Å². The molecule has 1 aromatic heterocycles. The topological polar surface area (TPSA) is 59.8 Å². The SMILES string of the molecule is CC(NC(=O)CCl)c1cn(-c2ccccc2)nn1. The molecule has 0 bridgehead atoms. The summed E-state index contributed by atoms with van der Waals surface area (Å²) in [5.74, 6) is -0.282. The summed E-state index contributed by atoms with van der Waals surface area (Å²) in [5, 5.41) is 10.8. The van der Waals surface area contributed by atoms with Crippen LogP contribution in [0.1, 0.15) is 18.7 Å². The fourth-order valence-electron chi connectivity index (χ4n) is 1.54. The smallest absolute Gasteiger partial charge is 0.235 e. The van der Waals surface area contributed by atoms with Crippen LogP contribution in [0.3, 0.4) is 0 Å². The molecule has 1 heterocycles. The number of rotatable bonds is 4. The van der Waals surface area contributed by atoms with Crippen LogP contribution in [-0.2, 0) is 4.79 Å². The molecule has 6 heteroatoms. The summed E-state index contributed by atoms with van der Waals surface area (Å²) in [5.41, 5.74) is 1.62. The molecule has 5 nitrogen and oxygen atoms in total. The van der Waals surface area contributed by atoms with E-state index < -0.39 is 0 Å². The number of alkyl halides is 1. The van der Waals surface area contributed by atoms with Crippen molar-refractivity contribution >= 4 is 17.5 Å². The molecule has 0 saturated carbocycles. The van der Waals surface area contributed by atoms with Crippen molar-refractivity contribution in [1.82, 2.24) is 20.3 Å². The number of aromatic nitrogens is 3. The van der Waals surface area contributed by atoms with E-state index in [1.54, 1.807) is 10.9 Å². The molecule has 0 fully saturated rings. The molecule has 0 aliphatic rings. The van der Waals surface area contributed by atoms with Crippen LogP contribution >= 0.6 is 11.6 Å². The summed E-state index contributed by atoms with van der Waals surface area (Å²) in [4.78, 5) is 11.2. The lowest BCUT2D eigenvalue weighted by atomic mass is 10.2. The molecule has 1 N–H and O–H groups in total. The summed E-state index contributed by atoms with van der Waals surface area (Å²) >= 11 is 5.43. The highest BCUT2D eigenvalue weighted by molar-refractivity contribution is 6.27. The van der Waals surface area contributed by atoms with Crippen molar-refractivity contribution in [3.8, 4) is 5.69 Å². The molecule has 0 saturated heterocycles. The van der Waals surface area contributed by atoms with Gasteiger partial charge in [0.25, 0.3) is 0 Å². The number of nitrogens with one attached hydrogen (secondary N) is 1. The third kappa shape index (κ3) is 2.87.